The first-order valence-corrected chi connectivity index (χ1v) is 5.97. The van der Waals surface area contributed by atoms with Gasteiger partial charge in [-0.15, -0.1) is 0 Å². The molecule has 1 aromatic carbocycles. The minimum absolute atomic E-state index is 0.123. The van der Waals surface area contributed by atoms with Crippen molar-refractivity contribution in [2.24, 2.45) is 5.84 Å². The van der Waals surface area contributed by atoms with Gasteiger partial charge in [0.2, 0.25) is 11.9 Å². The molecule has 0 saturated heterocycles. The van der Waals surface area contributed by atoms with Gasteiger partial charge in [-0.3, -0.25) is 5.43 Å². The molecule has 0 aliphatic carbocycles. The molecule has 0 amide bonds. The molecule has 2 aromatic rings. The third-order valence-corrected chi connectivity index (χ3v) is 2.59. The Bertz CT molecular complexity index is 572. The molecule has 0 atom stereocenters. The summed E-state index contributed by atoms with van der Waals surface area (Å²) in [7, 11) is 1.44. The topological polar surface area (TPSA) is 89.2 Å². The summed E-state index contributed by atoms with van der Waals surface area (Å²) >= 11 is 0. The summed E-state index contributed by atoms with van der Waals surface area (Å²) in [4.78, 5) is 13.9. The molecule has 8 heteroatoms. The Labute approximate surface area is 115 Å². The van der Waals surface area contributed by atoms with E-state index in [1.165, 1.54) is 19.2 Å². The van der Waals surface area contributed by atoms with E-state index < -0.39 is 0 Å². The Kier molecular flexibility index (Phi) is 4.26. The van der Waals surface area contributed by atoms with Crippen molar-refractivity contribution in [2.45, 2.75) is 6.92 Å². The second kappa shape index (κ2) is 6.11. The van der Waals surface area contributed by atoms with Gasteiger partial charge in [-0.25, -0.2) is 10.2 Å². The van der Waals surface area contributed by atoms with Crippen LogP contribution in [0.1, 0.15) is 6.92 Å². The fourth-order valence-electron chi connectivity index (χ4n) is 1.71. The predicted octanol–water partition coefficient (Wildman–Crippen LogP) is 1.46. The van der Waals surface area contributed by atoms with Crippen LogP contribution in [0.15, 0.2) is 24.3 Å². The van der Waals surface area contributed by atoms with Gasteiger partial charge in [-0.05, 0) is 25.1 Å². The second-order valence-corrected chi connectivity index (χ2v) is 3.81. The van der Waals surface area contributed by atoms with Gasteiger partial charge in [0.25, 0.3) is 0 Å². The average Bonchev–Trinajstić information content (AvgIpc) is 2.47. The van der Waals surface area contributed by atoms with Crippen molar-refractivity contribution < 1.29 is 9.13 Å². The molecule has 0 spiro atoms. The number of aromatic nitrogens is 3. The highest BCUT2D eigenvalue weighted by Crippen LogP contribution is 2.24. The zero-order valence-corrected chi connectivity index (χ0v) is 11.2. The smallest absolute Gasteiger partial charge is 0.322 e. The van der Waals surface area contributed by atoms with E-state index in [-0.39, 0.29) is 17.8 Å². The van der Waals surface area contributed by atoms with Crippen molar-refractivity contribution in [3.8, 4) is 6.01 Å². The van der Waals surface area contributed by atoms with E-state index in [0.29, 0.717) is 18.2 Å². The van der Waals surface area contributed by atoms with Crippen molar-refractivity contribution in [1.82, 2.24) is 15.0 Å². The maximum absolute atomic E-state index is 13.3. The third-order valence-electron chi connectivity index (χ3n) is 2.59. The lowest BCUT2D eigenvalue weighted by Gasteiger charge is -2.21. The number of benzene rings is 1. The Morgan fingerprint density at radius 1 is 1.35 bits per heavy atom. The van der Waals surface area contributed by atoms with Crippen LogP contribution in [0.4, 0.5) is 22.0 Å². The van der Waals surface area contributed by atoms with Crippen molar-refractivity contribution in [3.63, 3.8) is 0 Å². The maximum Gasteiger partial charge on any atom is 0.322 e. The number of nitrogens with one attached hydrogen (secondary N) is 1. The third kappa shape index (κ3) is 2.91. The van der Waals surface area contributed by atoms with Crippen LogP contribution in [0.2, 0.25) is 0 Å². The predicted molar refractivity (Wildman–Crippen MR) is 73.3 cm³/mol. The minimum atomic E-state index is -0.334. The highest BCUT2D eigenvalue weighted by Gasteiger charge is 2.14. The lowest BCUT2D eigenvalue weighted by molar-refractivity contribution is 0.379. The molecule has 1 heterocycles. The standard InChI is InChI=1S/C12H15FN6O/c1-3-19(9-6-4-5-8(13)7-9)11-15-10(18-14)16-12(17-11)20-2/h4-7H,3,14H2,1-2H3,(H,15,16,17,18). The second-order valence-electron chi connectivity index (χ2n) is 3.81. The van der Waals surface area contributed by atoms with Gasteiger partial charge < -0.3 is 9.64 Å². The molecule has 0 fully saturated rings. The largest absolute Gasteiger partial charge is 0.467 e. The number of rotatable bonds is 5. The number of anilines is 3. The average molecular weight is 278 g/mol. The molecule has 1 aromatic heterocycles. The SMILES string of the molecule is CCN(c1cccc(F)c1)c1nc(NN)nc(OC)n1. The number of hydrazine groups is 1. The molecule has 20 heavy (non-hydrogen) atoms. The van der Waals surface area contributed by atoms with Crippen LogP contribution in [0.25, 0.3) is 0 Å². The van der Waals surface area contributed by atoms with Crippen molar-refractivity contribution in [2.75, 3.05) is 24.0 Å². The zero-order valence-electron chi connectivity index (χ0n) is 11.2. The number of halogens is 1. The molecule has 106 valence electrons. The van der Waals surface area contributed by atoms with E-state index in [4.69, 9.17) is 10.6 Å². The van der Waals surface area contributed by atoms with Gasteiger partial charge in [0.15, 0.2) is 0 Å². The summed E-state index contributed by atoms with van der Waals surface area (Å²) < 4.78 is 18.3. The van der Waals surface area contributed by atoms with Crippen LogP contribution in [-0.4, -0.2) is 28.6 Å². The first-order valence-electron chi connectivity index (χ1n) is 5.97. The molecule has 2 rings (SSSR count). The molecule has 0 bridgehead atoms. The number of methoxy groups -OCH3 is 1. The molecular formula is C12H15FN6O. The van der Waals surface area contributed by atoms with Gasteiger partial charge >= 0.3 is 6.01 Å². The monoisotopic (exact) mass is 278 g/mol. The van der Waals surface area contributed by atoms with E-state index in [0.717, 1.165) is 0 Å². The van der Waals surface area contributed by atoms with Crippen LogP contribution >= 0.6 is 0 Å². The van der Waals surface area contributed by atoms with Crippen LogP contribution in [0.3, 0.4) is 0 Å². The number of nitrogens with two attached hydrogens (primary N) is 1. The van der Waals surface area contributed by atoms with E-state index >= 15 is 0 Å². The highest BCUT2D eigenvalue weighted by atomic mass is 19.1. The zero-order chi connectivity index (χ0) is 14.5. The van der Waals surface area contributed by atoms with E-state index in [1.54, 1.807) is 17.0 Å². The number of ether oxygens (including phenoxy) is 1. The fourth-order valence-corrected chi connectivity index (χ4v) is 1.71. The van der Waals surface area contributed by atoms with Gasteiger partial charge in [0.1, 0.15) is 5.82 Å². The summed E-state index contributed by atoms with van der Waals surface area (Å²) in [5.74, 6) is 5.46. The molecule has 0 aliphatic rings. The van der Waals surface area contributed by atoms with E-state index in [2.05, 4.69) is 20.4 Å². The van der Waals surface area contributed by atoms with Crippen LogP contribution < -0.4 is 20.9 Å². The van der Waals surface area contributed by atoms with Crippen LogP contribution in [0.5, 0.6) is 6.01 Å². The van der Waals surface area contributed by atoms with Gasteiger partial charge in [-0.1, -0.05) is 6.07 Å². The lowest BCUT2D eigenvalue weighted by atomic mass is 10.3. The minimum Gasteiger partial charge on any atom is -0.467 e. The normalized spacial score (nSPS) is 10.2. The van der Waals surface area contributed by atoms with Gasteiger partial charge in [-0.2, -0.15) is 15.0 Å². The van der Waals surface area contributed by atoms with Crippen molar-refractivity contribution in [3.05, 3.63) is 30.1 Å². The summed E-state index contributed by atoms with van der Waals surface area (Å²) in [5, 5.41) is 0. The summed E-state index contributed by atoms with van der Waals surface area (Å²) in [6.07, 6.45) is 0. The van der Waals surface area contributed by atoms with Crippen LogP contribution in [0, 0.1) is 5.82 Å². The molecule has 0 saturated carbocycles. The highest BCUT2D eigenvalue weighted by molar-refractivity contribution is 5.58. The Morgan fingerprint density at radius 2 is 2.15 bits per heavy atom. The van der Waals surface area contributed by atoms with Crippen LogP contribution in [-0.2, 0) is 0 Å². The lowest BCUT2D eigenvalue weighted by Crippen LogP contribution is -2.21. The first kappa shape index (κ1) is 13.9. The Balaban J connectivity index is 2.45. The summed E-state index contributed by atoms with van der Waals surface area (Å²) in [5.41, 5.74) is 2.97. The first-order chi connectivity index (χ1) is 9.67. The Morgan fingerprint density at radius 3 is 2.75 bits per heavy atom. The number of hydrogen-bond acceptors (Lipinski definition) is 7. The molecule has 0 radical (unpaired) electrons. The van der Waals surface area contributed by atoms with Gasteiger partial charge in [0, 0.05) is 12.2 Å². The summed E-state index contributed by atoms with van der Waals surface area (Å²) in [6, 6.07) is 6.28. The maximum atomic E-state index is 13.3. The van der Waals surface area contributed by atoms with E-state index in [9.17, 15) is 4.39 Å². The number of nitrogen functional groups attached to an aromatic ring is 1. The van der Waals surface area contributed by atoms with E-state index in [1.807, 2.05) is 6.92 Å². The summed E-state index contributed by atoms with van der Waals surface area (Å²) in [6.45, 7) is 2.44. The van der Waals surface area contributed by atoms with Crippen molar-refractivity contribution >= 4 is 17.6 Å². The van der Waals surface area contributed by atoms with Gasteiger partial charge in [0.05, 0.1) is 7.11 Å². The molecular weight excluding hydrogens is 263 g/mol. The number of nitrogens with zero attached hydrogens (tertiary/aromatic N) is 4. The molecule has 0 unspecified atom stereocenters. The fraction of sp³-hybridized carbons (Fsp3) is 0.250. The molecule has 3 N–H and O–H groups in total. The van der Waals surface area contributed by atoms with Crippen molar-refractivity contribution in [1.29, 1.82) is 0 Å². The molecule has 7 nitrogen and oxygen atoms in total. The Hall–Kier alpha value is -2.48. The quantitative estimate of drug-likeness (QED) is 0.632. The molecule has 0 aliphatic heterocycles. The number of hydrogen-bond donors (Lipinski definition) is 2.